The molecule has 88 valence electrons. The van der Waals surface area contributed by atoms with E-state index in [1.807, 2.05) is 18.2 Å². The smallest absolute Gasteiger partial charge is 0.254 e. The summed E-state index contributed by atoms with van der Waals surface area (Å²) in [6.07, 6.45) is 2.94. The van der Waals surface area contributed by atoms with Crippen molar-refractivity contribution in [2.45, 2.75) is 4.90 Å². The molecule has 0 saturated heterocycles. The van der Waals surface area contributed by atoms with Gasteiger partial charge in [0.2, 0.25) is 0 Å². The van der Waals surface area contributed by atoms with E-state index in [9.17, 15) is 4.79 Å². The van der Waals surface area contributed by atoms with Gasteiger partial charge in [-0.05, 0) is 18.2 Å². The van der Waals surface area contributed by atoms with Gasteiger partial charge < -0.3 is 9.73 Å². The van der Waals surface area contributed by atoms with Crippen LogP contribution in [0.4, 0.5) is 0 Å². The van der Waals surface area contributed by atoms with E-state index >= 15 is 0 Å². The fraction of sp³-hybridized carbons (Fsp3) is 0.154. The van der Waals surface area contributed by atoms with Crippen molar-refractivity contribution in [2.75, 3.05) is 12.3 Å². The highest BCUT2D eigenvalue weighted by Gasteiger charge is 2.04. The number of thioether (sulfide) groups is 1. The van der Waals surface area contributed by atoms with E-state index in [4.69, 9.17) is 4.42 Å². The number of carbonyl (C=O) groups is 1. The number of hydrogen-bond acceptors (Lipinski definition) is 3. The van der Waals surface area contributed by atoms with Gasteiger partial charge in [-0.15, -0.1) is 11.8 Å². The van der Waals surface area contributed by atoms with Gasteiger partial charge in [0.15, 0.2) is 0 Å². The largest absolute Gasteiger partial charge is 0.472 e. The van der Waals surface area contributed by atoms with Crippen LogP contribution in [0.15, 0.2) is 58.2 Å². The zero-order valence-electron chi connectivity index (χ0n) is 9.26. The number of benzene rings is 1. The standard InChI is InChI=1S/C13H13NO2S/c15-13(11-6-8-16-10-11)14-7-9-17-12-4-2-1-3-5-12/h1-6,8,10H,7,9H2,(H,14,15). The molecule has 0 fully saturated rings. The Balaban J connectivity index is 1.69. The van der Waals surface area contributed by atoms with Crippen molar-refractivity contribution in [1.82, 2.24) is 5.32 Å². The van der Waals surface area contributed by atoms with E-state index in [1.165, 1.54) is 17.4 Å². The van der Waals surface area contributed by atoms with Gasteiger partial charge in [0, 0.05) is 17.2 Å². The summed E-state index contributed by atoms with van der Waals surface area (Å²) in [5.41, 5.74) is 0.565. The third kappa shape index (κ3) is 3.67. The Morgan fingerprint density at radius 2 is 2.06 bits per heavy atom. The fourth-order valence-electron chi connectivity index (χ4n) is 1.35. The molecule has 0 spiro atoms. The van der Waals surface area contributed by atoms with Crippen LogP contribution < -0.4 is 5.32 Å². The van der Waals surface area contributed by atoms with Gasteiger partial charge in [-0.1, -0.05) is 18.2 Å². The van der Waals surface area contributed by atoms with Crippen LogP contribution in [-0.2, 0) is 0 Å². The molecular weight excluding hydrogens is 234 g/mol. The Labute approximate surface area is 104 Å². The molecule has 0 radical (unpaired) electrons. The Bertz CT molecular complexity index is 454. The predicted molar refractivity (Wildman–Crippen MR) is 68.2 cm³/mol. The normalized spacial score (nSPS) is 10.1. The first kappa shape index (κ1) is 11.8. The van der Waals surface area contributed by atoms with E-state index in [2.05, 4.69) is 17.4 Å². The Kier molecular flexibility index (Phi) is 4.27. The molecule has 0 aliphatic rings. The zero-order valence-corrected chi connectivity index (χ0v) is 10.1. The summed E-state index contributed by atoms with van der Waals surface area (Å²) < 4.78 is 4.85. The molecule has 1 aromatic carbocycles. The summed E-state index contributed by atoms with van der Waals surface area (Å²) in [5, 5.41) is 2.84. The van der Waals surface area contributed by atoms with E-state index in [1.54, 1.807) is 17.8 Å². The summed E-state index contributed by atoms with van der Waals surface area (Å²) in [5.74, 6) is 0.764. The molecule has 2 rings (SSSR count). The Morgan fingerprint density at radius 3 is 2.76 bits per heavy atom. The molecule has 0 saturated carbocycles. The van der Waals surface area contributed by atoms with E-state index in [-0.39, 0.29) is 5.91 Å². The van der Waals surface area contributed by atoms with Crippen molar-refractivity contribution in [3.8, 4) is 0 Å². The van der Waals surface area contributed by atoms with Crippen molar-refractivity contribution >= 4 is 17.7 Å². The second-order valence-electron chi connectivity index (χ2n) is 3.43. The molecule has 1 N–H and O–H groups in total. The maximum atomic E-state index is 11.5. The number of furan rings is 1. The lowest BCUT2D eigenvalue weighted by Crippen LogP contribution is -2.25. The number of nitrogens with one attached hydrogen (secondary N) is 1. The third-order valence-corrected chi connectivity index (χ3v) is 3.20. The van der Waals surface area contributed by atoms with Crippen molar-refractivity contribution in [2.24, 2.45) is 0 Å². The van der Waals surface area contributed by atoms with Crippen molar-refractivity contribution < 1.29 is 9.21 Å². The molecule has 4 heteroatoms. The second kappa shape index (κ2) is 6.15. The van der Waals surface area contributed by atoms with Gasteiger partial charge in [0.1, 0.15) is 6.26 Å². The van der Waals surface area contributed by atoms with Crippen LogP contribution in [0.2, 0.25) is 0 Å². The average molecular weight is 247 g/mol. The van der Waals surface area contributed by atoms with Crippen LogP contribution in [0.1, 0.15) is 10.4 Å². The van der Waals surface area contributed by atoms with Crippen LogP contribution in [0, 0.1) is 0 Å². The molecule has 0 atom stereocenters. The van der Waals surface area contributed by atoms with E-state index in [0.717, 1.165) is 5.75 Å². The summed E-state index contributed by atoms with van der Waals surface area (Å²) in [7, 11) is 0. The fourth-order valence-corrected chi connectivity index (χ4v) is 2.14. The summed E-state index contributed by atoms with van der Waals surface area (Å²) in [6.45, 7) is 0.642. The summed E-state index contributed by atoms with van der Waals surface area (Å²) in [6, 6.07) is 11.8. The highest BCUT2D eigenvalue weighted by atomic mass is 32.2. The van der Waals surface area contributed by atoms with Crippen LogP contribution in [0.25, 0.3) is 0 Å². The summed E-state index contributed by atoms with van der Waals surface area (Å²) >= 11 is 1.72. The first-order valence-corrected chi connectivity index (χ1v) is 6.33. The maximum Gasteiger partial charge on any atom is 0.254 e. The molecule has 0 aliphatic carbocycles. The number of rotatable bonds is 5. The minimum atomic E-state index is -0.0904. The lowest BCUT2D eigenvalue weighted by atomic mass is 10.3. The first-order valence-electron chi connectivity index (χ1n) is 5.34. The highest BCUT2D eigenvalue weighted by Crippen LogP contribution is 2.15. The van der Waals surface area contributed by atoms with Crippen molar-refractivity contribution in [1.29, 1.82) is 0 Å². The SMILES string of the molecule is O=C(NCCSc1ccccc1)c1ccoc1. The van der Waals surface area contributed by atoms with Crippen molar-refractivity contribution in [3.05, 3.63) is 54.5 Å². The number of carbonyl (C=O) groups excluding carboxylic acids is 1. The lowest BCUT2D eigenvalue weighted by molar-refractivity contribution is 0.0955. The van der Waals surface area contributed by atoms with Gasteiger partial charge in [-0.25, -0.2) is 0 Å². The van der Waals surface area contributed by atoms with Crippen LogP contribution in [0.5, 0.6) is 0 Å². The first-order chi connectivity index (χ1) is 8.36. The van der Waals surface area contributed by atoms with Gasteiger partial charge in [0.05, 0.1) is 11.8 Å². The van der Waals surface area contributed by atoms with Gasteiger partial charge in [-0.3, -0.25) is 4.79 Å². The molecule has 0 aliphatic heterocycles. The van der Waals surface area contributed by atoms with E-state index < -0.39 is 0 Å². The average Bonchev–Trinajstić information content (AvgIpc) is 2.89. The second-order valence-corrected chi connectivity index (χ2v) is 4.60. The van der Waals surface area contributed by atoms with Crippen molar-refractivity contribution in [3.63, 3.8) is 0 Å². The minimum Gasteiger partial charge on any atom is -0.472 e. The molecule has 0 bridgehead atoms. The third-order valence-electron chi connectivity index (χ3n) is 2.18. The molecule has 17 heavy (non-hydrogen) atoms. The molecule has 2 aromatic rings. The Hall–Kier alpha value is -1.68. The number of amides is 1. The molecule has 1 heterocycles. The number of hydrogen-bond donors (Lipinski definition) is 1. The molecule has 1 amide bonds. The van der Waals surface area contributed by atoms with Crippen LogP contribution >= 0.6 is 11.8 Å². The quantitative estimate of drug-likeness (QED) is 0.652. The zero-order chi connectivity index (χ0) is 11.9. The van der Waals surface area contributed by atoms with Gasteiger partial charge in [-0.2, -0.15) is 0 Å². The predicted octanol–water partition coefficient (Wildman–Crippen LogP) is 2.80. The Morgan fingerprint density at radius 1 is 1.24 bits per heavy atom. The van der Waals surface area contributed by atoms with E-state index in [0.29, 0.717) is 12.1 Å². The lowest BCUT2D eigenvalue weighted by Gasteiger charge is -2.03. The molecule has 0 unspecified atom stereocenters. The minimum absolute atomic E-state index is 0.0904. The monoisotopic (exact) mass is 247 g/mol. The summed E-state index contributed by atoms with van der Waals surface area (Å²) in [4.78, 5) is 12.7. The maximum absolute atomic E-state index is 11.5. The highest BCUT2D eigenvalue weighted by molar-refractivity contribution is 7.99. The van der Waals surface area contributed by atoms with Gasteiger partial charge in [0.25, 0.3) is 5.91 Å². The van der Waals surface area contributed by atoms with Gasteiger partial charge >= 0.3 is 0 Å². The molecule has 1 aromatic heterocycles. The van der Waals surface area contributed by atoms with Crippen LogP contribution in [-0.4, -0.2) is 18.2 Å². The topological polar surface area (TPSA) is 42.2 Å². The molecule has 3 nitrogen and oxygen atoms in total. The molecular formula is C13H13NO2S. The van der Waals surface area contributed by atoms with Crippen LogP contribution in [0.3, 0.4) is 0 Å².